The van der Waals surface area contributed by atoms with Gasteiger partial charge in [-0.15, -0.1) is 0 Å². The number of nitrogens with zero attached hydrogens (tertiary/aromatic N) is 2. The number of carbonyl (C=O) groups is 2. The summed E-state index contributed by atoms with van der Waals surface area (Å²) in [6, 6.07) is 6.13. The summed E-state index contributed by atoms with van der Waals surface area (Å²) >= 11 is 0. The Labute approximate surface area is 112 Å². The predicted molar refractivity (Wildman–Crippen MR) is 73.7 cm³/mol. The first-order chi connectivity index (χ1) is 9.06. The minimum atomic E-state index is -0.528. The number of likely N-dealkylation sites (N-methyl/N-ethyl adjacent to an activating group) is 1. The van der Waals surface area contributed by atoms with E-state index in [1.54, 1.807) is 6.07 Å². The van der Waals surface area contributed by atoms with Gasteiger partial charge in [-0.05, 0) is 38.7 Å². The van der Waals surface area contributed by atoms with Crippen molar-refractivity contribution in [1.82, 2.24) is 4.90 Å². The van der Waals surface area contributed by atoms with E-state index in [-0.39, 0.29) is 0 Å². The van der Waals surface area contributed by atoms with Crippen LogP contribution in [0.3, 0.4) is 0 Å². The molecule has 0 spiro atoms. The van der Waals surface area contributed by atoms with Crippen molar-refractivity contribution < 1.29 is 9.59 Å². The highest BCUT2D eigenvalue weighted by Gasteiger charge is 2.30. The molecule has 2 aliphatic heterocycles. The number of carbonyl (C=O) groups excluding carboxylic acids is 2. The van der Waals surface area contributed by atoms with Crippen molar-refractivity contribution in [3.63, 3.8) is 0 Å². The third kappa shape index (κ3) is 2.00. The van der Waals surface area contributed by atoms with Crippen LogP contribution in [0.2, 0.25) is 0 Å². The van der Waals surface area contributed by atoms with Crippen LogP contribution >= 0.6 is 0 Å². The van der Waals surface area contributed by atoms with E-state index in [9.17, 15) is 9.59 Å². The minimum Gasteiger partial charge on any atom is -0.370 e. The molecular formula is C14H17N3O2. The van der Waals surface area contributed by atoms with E-state index in [4.69, 9.17) is 0 Å². The molecule has 1 fully saturated rings. The maximum atomic E-state index is 11.5. The van der Waals surface area contributed by atoms with Crippen LogP contribution in [0, 0.1) is 0 Å². The third-order valence-corrected chi connectivity index (χ3v) is 3.96. The number of hydrogen-bond acceptors (Lipinski definition) is 4. The molecule has 5 nitrogen and oxygen atoms in total. The molecule has 0 aromatic heterocycles. The van der Waals surface area contributed by atoms with Gasteiger partial charge in [-0.25, -0.2) is 0 Å². The molecule has 0 saturated carbocycles. The first kappa shape index (κ1) is 12.2. The highest BCUT2D eigenvalue weighted by Crippen LogP contribution is 2.30. The molecule has 0 bridgehead atoms. The van der Waals surface area contributed by atoms with Crippen LogP contribution in [0.5, 0.6) is 0 Å². The summed E-state index contributed by atoms with van der Waals surface area (Å²) in [7, 11) is 4.19. The second-order valence-corrected chi connectivity index (χ2v) is 5.37. The fraction of sp³-hybridized carbons (Fsp3) is 0.429. The van der Waals surface area contributed by atoms with Gasteiger partial charge in [-0.2, -0.15) is 0 Å². The van der Waals surface area contributed by atoms with Crippen LogP contribution in [0.4, 0.5) is 11.4 Å². The summed E-state index contributed by atoms with van der Waals surface area (Å²) in [5.41, 5.74) is 2.19. The highest BCUT2D eigenvalue weighted by atomic mass is 16.2. The fourth-order valence-corrected chi connectivity index (χ4v) is 2.73. The molecule has 100 valence electrons. The molecule has 2 aliphatic rings. The van der Waals surface area contributed by atoms with Crippen LogP contribution < -0.4 is 10.2 Å². The van der Waals surface area contributed by atoms with Crippen LogP contribution in [-0.2, 0) is 4.79 Å². The Hall–Kier alpha value is -1.88. The molecule has 1 aromatic carbocycles. The van der Waals surface area contributed by atoms with Gasteiger partial charge in [-0.1, -0.05) is 0 Å². The van der Waals surface area contributed by atoms with Gasteiger partial charge in [0.15, 0.2) is 0 Å². The van der Waals surface area contributed by atoms with Gasteiger partial charge in [0, 0.05) is 24.8 Å². The normalized spacial score (nSPS) is 22.1. The van der Waals surface area contributed by atoms with Gasteiger partial charge >= 0.3 is 0 Å². The molecule has 1 N–H and O–H groups in total. The molecule has 1 atom stereocenters. The van der Waals surface area contributed by atoms with Crippen molar-refractivity contribution >= 4 is 23.1 Å². The van der Waals surface area contributed by atoms with Crippen LogP contribution in [-0.4, -0.2) is 49.8 Å². The number of fused-ring (bicyclic) bond motifs is 1. The Morgan fingerprint density at radius 3 is 2.79 bits per heavy atom. The summed E-state index contributed by atoms with van der Waals surface area (Å²) in [5, 5.41) is 2.62. The van der Waals surface area contributed by atoms with Gasteiger partial charge in [-0.3, -0.25) is 9.59 Å². The van der Waals surface area contributed by atoms with E-state index in [0.29, 0.717) is 17.3 Å². The zero-order valence-electron chi connectivity index (χ0n) is 11.1. The van der Waals surface area contributed by atoms with Crippen molar-refractivity contribution in [1.29, 1.82) is 0 Å². The van der Waals surface area contributed by atoms with Crippen LogP contribution in [0.15, 0.2) is 18.2 Å². The number of Topliss-reactive ketones (excluding diaryl/α,β-unsaturated/α-hetero) is 1. The molecule has 0 aliphatic carbocycles. The molecule has 1 saturated heterocycles. The molecule has 1 unspecified atom stereocenters. The number of ketones is 1. The van der Waals surface area contributed by atoms with Gasteiger partial charge in [0.2, 0.25) is 0 Å². The largest absolute Gasteiger partial charge is 0.370 e. The number of anilines is 2. The van der Waals surface area contributed by atoms with E-state index < -0.39 is 11.7 Å². The van der Waals surface area contributed by atoms with E-state index >= 15 is 0 Å². The average Bonchev–Trinajstić information content (AvgIpc) is 2.96. The summed E-state index contributed by atoms with van der Waals surface area (Å²) < 4.78 is 0. The summed E-state index contributed by atoms with van der Waals surface area (Å²) in [4.78, 5) is 27.4. The third-order valence-electron chi connectivity index (χ3n) is 3.96. The first-order valence-electron chi connectivity index (χ1n) is 6.47. The van der Waals surface area contributed by atoms with E-state index in [0.717, 1.165) is 25.2 Å². The summed E-state index contributed by atoms with van der Waals surface area (Å²) in [5.74, 6) is -0.964. The lowest BCUT2D eigenvalue weighted by molar-refractivity contribution is -0.112. The molecule has 3 rings (SSSR count). The topological polar surface area (TPSA) is 52.6 Å². The standard InChI is InChI=1S/C14H17N3O2/c1-16(2)10-5-6-17(8-10)9-3-4-11-12(7-9)15-14(19)13(11)18/h3-4,7,10H,5-6,8H2,1-2H3,(H,15,18,19). The van der Waals surface area contributed by atoms with Gasteiger partial charge in [0.05, 0.1) is 11.3 Å². The number of hydrogen-bond donors (Lipinski definition) is 1. The predicted octanol–water partition coefficient (Wildman–Crippen LogP) is 0.962. The molecule has 1 aromatic rings. The van der Waals surface area contributed by atoms with E-state index in [1.807, 2.05) is 12.1 Å². The Morgan fingerprint density at radius 2 is 2.11 bits per heavy atom. The lowest BCUT2D eigenvalue weighted by Crippen LogP contribution is -2.31. The maximum Gasteiger partial charge on any atom is 0.296 e. The first-order valence-corrected chi connectivity index (χ1v) is 6.47. The zero-order chi connectivity index (χ0) is 13.6. The molecular weight excluding hydrogens is 242 g/mol. The van der Waals surface area contributed by atoms with Gasteiger partial charge < -0.3 is 15.1 Å². The second-order valence-electron chi connectivity index (χ2n) is 5.37. The summed E-state index contributed by atoms with van der Waals surface area (Å²) in [6.45, 7) is 1.98. The van der Waals surface area contributed by atoms with Crippen molar-refractivity contribution in [3.05, 3.63) is 23.8 Å². The monoisotopic (exact) mass is 259 g/mol. The SMILES string of the molecule is CN(C)C1CCN(c2ccc3c(c2)NC(=O)C3=O)C1. The zero-order valence-corrected chi connectivity index (χ0v) is 11.1. The number of rotatable bonds is 2. The van der Waals surface area contributed by atoms with Gasteiger partial charge in [0.25, 0.3) is 11.7 Å². The fourth-order valence-electron chi connectivity index (χ4n) is 2.73. The van der Waals surface area contributed by atoms with Crippen molar-refractivity contribution in [2.45, 2.75) is 12.5 Å². The number of benzene rings is 1. The van der Waals surface area contributed by atoms with E-state index in [1.165, 1.54) is 0 Å². The van der Waals surface area contributed by atoms with Crippen molar-refractivity contribution in [2.24, 2.45) is 0 Å². The Bertz CT molecular complexity index is 554. The minimum absolute atomic E-state index is 0.436. The highest BCUT2D eigenvalue weighted by molar-refractivity contribution is 6.51. The molecule has 5 heteroatoms. The molecule has 19 heavy (non-hydrogen) atoms. The van der Waals surface area contributed by atoms with Crippen molar-refractivity contribution in [2.75, 3.05) is 37.4 Å². The average molecular weight is 259 g/mol. The smallest absolute Gasteiger partial charge is 0.296 e. The second kappa shape index (κ2) is 4.35. The van der Waals surface area contributed by atoms with Crippen LogP contribution in [0.1, 0.15) is 16.8 Å². The Kier molecular flexibility index (Phi) is 2.78. The molecule has 0 radical (unpaired) electrons. The van der Waals surface area contributed by atoms with Crippen molar-refractivity contribution in [3.8, 4) is 0 Å². The molecule has 1 amide bonds. The Balaban J connectivity index is 1.83. The van der Waals surface area contributed by atoms with Gasteiger partial charge in [0.1, 0.15) is 0 Å². The van der Waals surface area contributed by atoms with Crippen LogP contribution in [0.25, 0.3) is 0 Å². The maximum absolute atomic E-state index is 11.5. The quantitative estimate of drug-likeness (QED) is 0.804. The lowest BCUT2D eigenvalue weighted by atomic mass is 10.1. The molecule has 2 heterocycles. The summed E-state index contributed by atoms with van der Waals surface area (Å²) in [6.07, 6.45) is 1.13. The number of amides is 1. The number of nitrogens with one attached hydrogen (secondary N) is 1. The Morgan fingerprint density at radius 1 is 1.32 bits per heavy atom. The van der Waals surface area contributed by atoms with E-state index in [2.05, 4.69) is 29.2 Å². The lowest BCUT2D eigenvalue weighted by Gasteiger charge is -2.22.